The molecule has 0 spiro atoms. The minimum Gasteiger partial charge on any atom is -0.480 e. The van der Waals surface area contributed by atoms with Crippen molar-refractivity contribution in [3.05, 3.63) is 12.7 Å². The maximum absolute atomic E-state index is 11.4. The number of unbranched alkanes of at least 4 members (excludes halogenated alkanes) is 4. The predicted octanol–water partition coefficient (Wildman–Crippen LogP) is 1.65. The van der Waals surface area contributed by atoms with Crippen molar-refractivity contribution in [2.24, 2.45) is 0 Å². The minimum atomic E-state index is -1.08. The van der Waals surface area contributed by atoms with E-state index in [1.807, 2.05) is 6.08 Å². The number of hydrogen-bond donors (Lipinski definition) is 2. The first-order valence-electron chi connectivity index (χ1n) is 6.73. The van der Waals surface area contributed by atoms with Gasteiger partial charge in [-0.1, -0.05) is 25.3 Å². The molecule has 0 aliphatic heterocycles. The number of carboxylic acid groups (broad SMARTS) is 1. The summed E-state index contributed by atoms with van der Waals surface area (Å²) in [5, 5.41) is 11.3. The molecule has 20 heavy (non-hydrogen) atoms. The Morgan fingerprint density at radius 1 is 1.25 bits per heavy atom. The van der Waals surface area contributed by atoms with Gasteiger partial charge in [0.1, 0.15) is 6.04 Å². The standard InChI is InChI=1S/C14H23NO5/c1-3-4-5-6-7-8-9-12(14(18)19)15-13(17)10-20-11(2)16/h3,12H,1,4-10H2,2H3,(H,15,17)(H,18,19)/t12-/m0/s1. The highest BCUT2D eigenvalue weighted by molar-refractivity contribution is 5.85. The molecule has 0 fully saturated rings. The van der Waals surface area contributed by atoms with E-state index in [1.165, 1.54) is 6.92 Å². The lowest BCUT2D eigenvalue weighted by Gasteiger charge is -2.14. The summed E-state index contributed by atoms with van der Waals surface area (Å²) in [7, 11) is 0. The molecule has 114 valence electrons. The van der Waals surface area contributed by atoms with Crippen LogP contribution in [0.3, 0.4) is 0 Å². The van der Waals surface area contributed by atoms with Crippen LogP contribution in [0.25, 0.3) is 0 Å². The van der Waals surface area contributed by atoms with Gasteiger partial charge in [0.25, 0.3) is 5.91 Å². The summed E-state index contributed by atoms with van der Waals surface area (Å²) >= 11 is 0. The van der Waals surface area contributed by atoms with Crippen LogP contribution in [0, 0.1) is 0 Å². The molecule has 0 bridgehead atoms. The molecule has 0 aliphatic rings. The summed E-state index contributed by atoms with van der Waals surface area (Å²) in [6, 6.07) is -0.933. The second kappa shape index (κ2) is 11.0. The summed E-state index contributed by atoms with van der Waals surface area (Å²) in [5.74, 6) is -2.25. The van der Waals surface area contributed by atoms with E-state index in [0.717, 1.165) is 32.1 Å². The van der Waals surface area contributed by atoms with Crippen molar-refractivity contribution in [2.45, 2.75) is 51.5 Å². The highest BCUT2D eigenvalue weighted by atomic mass is 16.5. The van der Waals surface area contributed by atoms with Crippen LogP contribution in [0.4, 0.5) is 0 Å². The van der Waals surface area contributed by atoms with E-state index in [1.54, 1.807) is 0 Å². The van der Waals surface area contributed by atoms with Gasteiger partial charge >= 0.3 is 11.9 Å². The highest BCUT2D eigenvalue weighted by Gasteiger charge is 2.19. The predicted molar refractivity (Wildman–Crippen MR) is 74.1 cm³/mol. The molecule has 0 heterocycles. The number of ether oxygens (including phenoxy) is 1. The number of allylic oxidation sites excluding steroid dienone is 1. The van der Waals surface area contributed by atoms with E-state index >= 15 is 0 Å². The molecule has 0 aromatic carbocycles. The molecule has 0 rings (SSSR count). The van der Waals surface area contributed by atoms with Crippen molar-refractivity contribution < 1.29 is 24.2 Å². The topological polar surface area (TPSA) is 92.7 Å². The first-order chi connectivity index (χ1) is 9.47. The van der Waals surface area contributed by atoms with Crippen molar-refractivity contribution in [3.8, 4) is 0 Å². The Morgan fingerprint density at radius 3 is 2.45 bits per heavy atom. The third-order valence-corrected chi connectivity index (χ3v) is 2.69. The van der Waals surface area contributed by atoms with Crippen LogP contribution in [0.1, 0.15) is 45.4 Å². The molecule has 0 saturated carbocycles. The number of amides is 1. The van der Waals surface area contributed by atoms with Crippen LogP contribution < -0.4 is 5.32 Å². The van der Waals surface area contributed by atoms with Crippen LogP contribution >= 0.6 is 0 Å². The van der Waals surface area contributed by atoms with E-state index in [2.05, 4.69) is 16.6 Å². The Labute approximate surface area is 119 Å². The molecule has 0 unspecified atom stereocenters. The van der Waals surface area contributed by atoms with E-state index in [-0.39, 0.29) is 0 Å². The van der Waals surface area contributed by atoms with Gasteiger partial charge in [0.15, 0.2) is 6.61 Å². The lowest BCUT2D eigenvalue weighted by Crippen LogP contribution is -2.42. The fourth-order valence-corrected chi connectivity index (χ4v) is 1.65. The number of nitrogens with one attached hydrogen (secondary N) is 1. The number of rotatable bonds is 11. The molecular formula is C14H23NO5. The first kappa shape index (κ1) is 18.1. The number of esters is 1. The smallest absolute Gasteiger partial charge is 0.326 e. The molecule has 0 aliphatic carbocycles. The van der Waals surface area contributed by atoms with Gasteiger partial charge in [-0.15, -0.1) is 6.58 Å². The number of carbonyl (C=O) groups is 3. The van der Waals surface area contributed by atoms with Crippen molar-refractivity contribution in [1.82, 2.24) is 5.32 Å². The summed E-state index contributed by atoms with van der Waals surface area (Å²) < 4.78 is 4.50. The minimum absolute atomic E-state index is 0.370. The van der Waals surface area contributed by atoms with Gasteiger partial charge in [0, 0.05) is 6.92 Å². The lowest BCUT2D eigenvalue weighted by atomic mass is 10.1. The van der Waals surface area contributed by atoms with Crippen molar-refractivity contribution in [1.29, 1.82) is 0 Å². The first-order valence-corrected chi connectivity index (χ1v) is 6.73. The third-order valence-electron chi connectivity index (χ3n) is 2.69. The van der Waals surface area contributed by atoms with E-state index < -0.39 is 30.5 Å². The van der Waals surface area contributed by atoms with E-state index in [4.69, 9.17) is 5.11 Å². The maximum Gasteiger partial charge on any atom is 0.326 e. The number of carboxylic acids is 1. The van der Waals surface area contributed by atoms with Crippen LogP contribution in [-0.2, 0) is 19.1 Å². The van der Waals surface area contributed by atoms with Crippen LogP contribution in [0.2, 0.25) is 0 Å². The molecule has 0 aromatic rings. The monoisotopic (exact) mass is 285 g/mol. The molecule has 6 nitrogen and oxygen atoms in total. The number of carbonyl (C=O) groups excluding carboxylic acids is 2. The SMILES string of the molecule is C=CCCCCCC[C@H](NC(=O)COC(C)=O)C(=O)O. The largest absolute Gasteiger partial charge is 0.480 e. The van der Waals surface area contributed by atoms with Gasteiger partial charge in [-0.3, -0.25) is 9.59 Å². The lowest BCUT2D eigenvalue weighted by molar-refractivity contribution is -0.148. The van der Waals surface area contributed by atoms with Gasteiger partial charge in [0.05, 0.1) is 0 Å². The average Bonchev–Trinajstić information content (AvgIpc) is 2.38. The normalized spacial score (nSPS) is 11.4. The number of hydrogen-bond acceptors (Lipinski definition) is 4. The highest BCUT2D eigenvalue weighted by Crippen LogP contribution is 2.08. The van der Waals surface area contributed by atoms with E-state index in [9.17, 15) is 14.4 Å². The third kappa shape index (κ3) is 10.1. The second-order valence-electron chi connectivity index (χ2n) is 4.52. The Kier molecular flexibility index (Phi) is 10.00. The molecule has 1 amide bonds. The van der Waals surface area contributed by atoms with Crippen LogP contribution in [0.5, 0.6) is 0 Å². The van der Waals surface area contributed by atoms with Crippen molar-refractivity contribution in [2.75, 3.05) is 6.61 Å². The zero-order valence-corrected chi connectivity index (χ0v) is 11.9. The van der Waals surface area contributed by atoms with E-state index in [0.29, 0.717) is 6.42 Å². The molecule has 6 heteroatoms. The molecule has 2 N–H and O–H groups in total. The average molecular weight is 285 g/mol. The molecule has 0 radical (unpaired) electrons. The zero-order chi connectivity index (χ0) is 15.4. The summed E-state index contributed by atoms with van der Waals surface area (Å²) in [5.41, 5.74) is 0. The van der Waals surface area contributed by atoms with Crippen molar-refractivity contribution in [3.63, 3.8) is 0 Å². The second-order valence-corrected chi connectivity index (χ2v) is 4.52. The summed E-state index contributed by atoms with van der Waals surface area (Å²) in [6.45, 7) is 4.37. The fourth-order valence-electron chi connectivity index (χ4n) is 1.65. The van der Waals surface area contributed by atoms with Gasteiger partial charge in [-0.05, 0) is 19.3 Å². The van der Waals surface area contributed by atoms with Gasteiger partial charge in [0.2, 0.25) is 0 Å². The summed E-state index contributed by atoms with van der Waals surface area (Å²) in [4.78, 5) is 32.9. The van der Waals surface area contributed by atoms with Gasteiger partial charge in [-0.25, -0.2) is 4.79 Å². The van der Waals surface area contributed by atoms with Crippen LogP contribution in [0.15, 0.2) is 12.7 Å². The Bertz CT molecular complexity index is 340. The quantitative estimate of drug-likeness (QED) is 0.342. The Hall–Kier alpha value is -1.85. The Balaban J connectivity index is 3.92. The molecule has 1 atom stereocenters. The van der Waals surface area contributed by atoms with Crippen molar-refractivity contribution >= 4 is 17.8 Å². The number of aliphatic carboxylic acids is 1. The molecule has 0 saturated heterocycles. The summed E-state index contributed by atoms with van der Waals surface area (Å²) in [6.07, 6.45) is 6.88. The molecular weight excluding hydrogens is 262 g/mol. The van der Waals surface area contributed by atoms with Gasteiger partial charge in [-0.2, -0.15) is 0 Å². The fraction of sp³-hybridized carbons (Fsp3) is 0.643. The zero-order valence-electron chi connectivity index (χ0n) is 11.9. The molecule has 0 aromatic heterocycles. The van der Waals surface area contributed by atoms with Gasteiger partial charge < -0.3 is 15.2 Å². The van der Waals surface area contributed by atoms with Crippen LogP contribution in [-0.4, -0.2) is 35.6 Å². The Morgan fingerprint density at radius 2 is 1.90 bits per heavy atom. The maximum atomic E-state index is 11.4.